The summed E-state index contributed by atoms with van der Waals surface area (Å²) < 4.78 is 16.7. The lowest BCUT2D eigenvalue weighted by Gasteiger charge is -2.39. The van der Waals surface area contributed by atoms with Crippen molar-refractivity contribution in [2.75, 3.05) is 19.7 Å². The van der Waals surface area contributed by atoms with E-state index in [1.54, 1.807) is 29.2 Å². The average Bonchev–Trinajstić information content (AvgIpc) is 3.16. The molecular weight excluding hydrogens is 364 g/mol. The Labute approximate surface area is 158 Å². The Morgan fingerprint density at radius 3 is 2.79 bits per heavy atom. The van der Waals surface area contributed by atoms with Crippen LogP contribution in [0.3, 0.4) is 0 Å². The van der Waals surface area contributed by atoms with Crippen molar-refractivity contribution in [3.8, 4) is 22.9 Å². The number of aromatic amines is 1. The molecule has 1 unspecified atom stereocenters. The van der Waals surface area contributed by atoms with Crippen molar-refractivity contribution in [2.24, 2.45) is 0 Å². The van der Waals surface area contributed by atoms with Crippen LogP contribution in [-0.2, 0) is 4.79 Å². The van der Waals surface area contributed by atoms with Gasteiger partial charge in [0.2, 0.25) is 17.8 Å². The second-order valence-corrected chi connectivity index (χ2v) is 6.67. The number of hydrogen-bond donors (Lipinski definition) is 1. The number of nitrogens with one attached hydrogen (secondary N) is 1. The molecule has 5 rings (SSSR count). The highest BCUT2D eigenvalue weighted by atomic mass is 16.6. The van der Waals surface area contributed by atoms with Gasteiger partial charge in [-0.1, -0.05) is 17.3 Å². The number of para-hydroxylation sites is 2. The molecule has 0 spiro atoms. The van der Waals surface area contributed by atoms with E-state index in [0.29, 0.717) is 36.0 Å². The lowest BCUT2D eigenvalue weighted by molar-refractivity contribution is -0.146. The lowest BCUT2D eigenvalue weighted by atomic mass is 9.99. The fourth-order valence-electron chi connectivity index (χ4n) is 3.27. The van der Waals surface area contributed by atoms with Gasteiger partial charge in [-0.2, -0.15) is 4.98 Å². The number of aromatic nitrogens is 3. The number of hydrogen-bond acceptors (Lipinski definition) is 7. The highest BCUT2D eigenvalue weighted by molar-refractivity contribution is 5.83. The van der Waals surface area contributed by atoms with Crippen LogP contribution in [0.5, 0.6) is 11.5 Å². The van der Waals surface area contributed by atoms with Crippen LogP contribution in [0, 0.1) is 0 Å². The van der Waals surface area contributed by atoms with Crippen LogP contribution in [0.25, 0.3) is 11.4 Å². The number of rotatable bonds is 3. The second kappa shape index (κ2) is 6.52. The molecule has 4 heterocycles. The third-order valence-corrected chi connectivity index (χ3v) is 4.83. The first-order valence-corrected chi connectivity index (χ1v) is 8.88. The predicted molar refractivity (Wildman–Crippen MR) is 96.0 cm³/mol. The number of likely N-dealkylation sites (tertiary alicyclic amines) is 1. The minimum absolute atomic E-state index is 0.0650. The van der Waals surface area contributed by atoms with Crippen LogP contribution in [0.4, 0.5) is 0 Å². The summed E-state index contributed by atoms with van der Waals surface area (Å²) in [4.78, 5) is 33.0. The van der Waals surface area contributed by atoms with Gasteiger partial charge in [0.1, 0.15) is 6.61 Å². The molecule has 1 aromatic carbocycles. The zero-order chi connectivity index (χ0) is 19.1. The van der Waals surface area contributed by atoms with Gasteiger partial charge >= 0.3 is 0 Å². The van der Waals surface area contributed by atoms with Gasteiger partial charge in [0.15, 0.2) is 11.5 Å². The van der Waals surface area contributed by atoms with Crippen LogP contribution < -0.4 is 15.0 Å². The van der Waals surface area contributed by atoms with Gasteiger partial charge in [-0.3, -0.25) is 9.59 Å². The molecule has 9 heteroatoms. The van der Waals surface area contributed by atoms with Gasteiger partial charge < -0.3 is 23.9 Å². The van der Waals surface area contributed by atoms with Crippen molar-refractivity contribution < 1.29 is 18.8 Å². The maximum absolute atomic E-state index is 12.6. The summed E-state index contributed by atoms with van der Waals surface area (Å²) in [7, 11) is 0. The second-order valence-electron chi connectivity index (χ2n) is 6.67. The molecule has 1 amide bonds. The van der Waals surface area contributed by atoms with E-state index < -0.39 is 6.10 Å². The van der Waals surface area contributed by atoms with E-state index in [1.165, 1.54) is 6.20 Å². The van der Waals surface area contributed by atoms with Crippen LogP contribution in [-0.4, -0.2) is 51.7 Å². The number of nitrogens with zero attached hydrogens (tertiary/aromatic N) is 3. The summed E-state index contributed by atoms with van der Waals surface area (Å²) in [5, 5.41) is 3.88. The van der Waals surface area contributed by atoms with E-state index in [4.69, 9.17) is 14.0 Å². The SMILES string of the molecule is O=C(C1COc2ccccc2O1)N1CC(c2nc(-c3ccc[nH]c3=O)no2)C1. The Bertz CT molecular complexity index is 1090. The molecule has 2 aliphatic rings. The number of amides is 1. The van der Waals surface area contributed by atoms with Gasteiger partial charge in [-0.05, 0) is 24.3 Å². The highest BCUT2D eigenvalue weighted by Crippen LogP contribution is 2.33. The minimum atomic E-state index is -0.669. The number of fused-ring (bicyclic) bond motifs is 1. The summed E-state index contributed by atoms with van der Waals surface area (Å²) in [6.45, 7) is 1.08. The van der Waals surface area contributed by atoms with E-state index in [1.807, 2.05) is 12.1 Å². The molecule has 9 nitrogen and oxygen atoms in total. The number of H-pyrrole nitrogens is 1. The minimum Gasteiger partial charge on any atom is -0.485 e. The standard InChI is InChI=1S/C19H16N4O5/c24-17-12(4-3-7-20-17)16-21-18(28-22-16)11-8-23(9-11)19(25)15-10-26-13-5-1-2-6-14(13)27-15/h1-7,11,15H,8-10H2,(H,20,24). The molecule has 1 atom stereocenters. The van der Waals surface area contributed by atoms with Gasteiger partial charge in [0.25, 0.3) is 11.5 Å². The smallest absolute Gasteiger partial charge is 0.267 e. The Hall–Kier alpha value is -3.62. The number of carbonyl (C=O) groups excluding carboxylic acids is 1. The molecule has 0 bridgehead atoms. The molecule has 3 aromatic rings. The quantitative estimate of drug-likeness (QED) is 0.727. The monoisotopic (exact) mass is 380 g/mol. The summed E-state index contributed by atoms with van der Waals surface area (Å²) in [6, 6.07) is 10.6. The van der Waals surface area contributed by atoms with Gasteiger partial charge in [-0.15, -0.1) is 0 Å². The van der Waals surface area contributed by atoms with Crippen molar-refractivity contribution >= 4 is 5.91 Å². The first-order chi connectivity index (χ1) is 13.7. The molecule has 2 aromatic heterocycles. The van der Waals surface area contributed by atoms with Crippen LogP contribution in [0.1, 0.15) is 11.8 Å². The zero-order valence-corrected chi connectivity index (χ0v) is 14.7. The summed E-state index contributed by atoms with van der Waals surface area (Å²) in [5.41, 5.74) is 0.0613. The summed E-state index contributed by atoms with van der Waals surface area (Å²) in [5.74, 6) is 1.66. The van der Waals surface area contributed by atoms with Crippen molar-refractivity contribution in [2.45, 2.75) is 12.0 Å². The number of ether oxygens (including phenoxy) is 2. The first-order valence-electron chi connectivity index (χ1n) is 8.88. The van der Waals surface area contributed by atoms with Crippen molar-refractivity contribution in [3.05, 3.63) is 58.8 Å². The third kappa shape index (κ3) is 2.81. The van der Waals surface area contributed by atoms with Crippen molar-refractivity contribution in [1.82, 2.24) is 20.0 Å². The summed E-state index contributed by atoms with van der Waals surface area (Å²) >= 11 is 0. The molecular formula is C19H16N4O5. The highest BCUT2D eigenvalue weighted by Gasteiger charge is 2.40. The normalized spacial score (nSPS) is 18.6. The van der Waals surface area contributed by atoms with Gasteiger partial charge in [0.05, 0.1) is 11.5 Å². The molecule has 142 valence electrons. The first kappa shape index (κ1) is 16.5. The molecule has 0 aliphatic carbocycles. The van der Waals surface area contributed by atoms with E-state index in [0.717, 1.165) is 0 Å². The molecule has 1 saturated heterocycles. The fraction of sp³-hybridized carbons (Fsp3) is 0.263. The van der Waals surface area contributed by atoms with E-state index >= 15 is 0 Å². The Kier molecular flexibility index (Phi) is 3.85. The van der Waals surface area contributed by atoms with Gasteiger partial charge in [0, 0.05) is 19.3 Å². The van der Waals surface area contributed by atoms with Crippen LogP contribution in [0.2, 0.25) is 0 Å². The third-order valence-electron chi connectivity index (χ3n) is 4.83. The van der Waals surface area contributed by atoms with Crippen molar-refractivity contribution in [1.29, 1.82) is 0 Å². The summed E-state index contributed by atoms with van der Waals surface area (Å²) in [6.07, 6.45) is 0.870. The molecule has 1 N–H and O–H groups in total. The van der Waals surface area contributed by atoms with E-state index in [2.05, 4.69) is 15.1 Å². The van der Waals surface area contributed by atoms with E-state index in [9.17, 15) is 9.59 Å². The Morgan fingerprint density at radius 2 is 1.96 bits per heavy atom. The molecule has 2 aliphatic heterocycles. The molecule has 0 radical (unpaired) electrons. The van der Waals surface area contributed by atoms with Crippen molar-refractivity contribution in [3.63, 3.8) is 0 Å². The Balaban J connectivity index is 1.23. The number of pyridine rings is 1. The van der Waals surface area contributed by atoms with Gasteiger partial charge in [-0.25, -0.2) is 0 Å². The lowest BCUT2D eigenvalue weighted by Crippen LogP contribution is -2.55. The largest absolute Gasteiger partial charge is 0.485 e. The molecule has 1 fully saturated rings. The maximum Gasteiger partial charge on any atom is 0.267 e. The Morgan fingerprint density at radius 1 is 1.14 bits per heavy atom. The molecule has 0 saturated carbocycles. The topological polar surface area (TPSA) is 111 Å². The zero-order valence-electron chi connectivity index (χ0n) is 14.7. The average molecular weight is 380 g/mol. The van der Waals surface area contributed by atoms with Crippen LogP contribution in [0.15, 0.2) is 51.9 Å². The van der Waals surface area contributed by atoms with E-state index in [-0.39, 0.29) is 29.8 Å². The fourth-order valence-corrected chi connectivity index (χ4v) is 3.27. The molecule has 28 heavy (non-hydrogen) atoms. The number of benzene rings is 1. The predicted octanol–water partition coefficient (Wildman–Crippen LogP) is 1.19. The maximum atomic E-state index is 12.6. The number of carbonyl (C=O) groups is 1. The van der Waals surface area contributed by atoms with Crippen LogP contribution >= 0.6 is 0 Å².